The van der Waals surface area contributed by atoms with Crippen LogP contribution in [-0.4, -0.2) is 59.8 Å². The summed E-state index contributed by atoms with van der Waals surface area (Å²) in [5.41, 5.74) is 0.618. The van der Waals surface area contributed by atoms with Gasteiger partial charge in [0.15, 0.2) is 0 Å². The van der Waals surface area contributed by atoms with Crippen LogP contribution in [0, 0.1) is 23.7 Å². The second-order valence-corrected chi connectivity index (χ2v) is 10.1. The van der Waals surface area contributed by atoms with E-state index in [4.69, 9.17) is 14.1 Å². The number of ether oxygens (including phenoxy) is 1. The molecule has 2 aromatic rings. The lowest BCUT2D eigenvalue weighted by Crippen LogP contribution is -2.22. The van der Waals surface area contributed by atoms with Gasteiger partial charge in [0.25, 0.3) is 0 Å². The van der Waals surface area contributed by atoms with E-state index in [9.17, 15) is 13.2 Å². The van der Waals surface area contributed by atoms with Crippen LogP contribution in [-0.2, 0) is 25.8 Å². The lowest BCUT2D eigenvalue weighted by atomic mass is 9.97. The molecule has 1 aliphatic carbocycles. The van der Waals surface area contributed by atoms with E-state index in [1.165, 1.54) is 12.5 Å². The predicted octanol–water partition coefficient (Wildman–Crippen LogP) is 1.52. The fourth-order valence-corrected chi connectivity index (χ4v) is 4.75. The van der Waals surface area contributed by atoms with Gasteiger partial charge in [0.1, 0.15) is 24.4 Å². The van der Waals surface area contributed by atoms with E-state index < -0.39 is 10.3 Å². The fraction of sp³-hybridized carbons (Fsp3) is 0.565. The van der Waals surface area contributed by atoms with Crippen molar-refractivity contribution < 1.29 is 22.1 Å². The fourth-order valence-electron chi connectivity index (χ4n) is 4.37. The Balaban J connectivity index is 1.33. The number of aromatic nitrogens is 4. The molecular formula is C23H30N6O5S. The molecule has 2 aromatic heterocycles. The van der Waals surface area contributed by atoms with Crippen LogP contribution in [0.2, 0.25) is 0 Å². The third-order valence-electron chi connectivity index (χ3n) is 6.28. The van der Waals surface area contributed by atoms with E-state index in [-0.39, 0.29) is 24.3 Å². The Hall–Kier alpha value is -2.85. The average molecular weight is 503 g/mol. The maximum atomic E-state index is 13.1. The van der Waals surface area contributed by atoms with Crippen LogP contribution in [0.4, 0.5) is 5.82 Å². The SMILES string of the molecule is NS(=O)(=O)OCC1CCC(Nc2ncncc2C(=O)c2ccn(CC#CCC3CCOCC3)n2)C1. The largest absolute Gasteiger partial charge is 0.381 e. The number of nitrogens with zero attached hydrogens (tertiary/aromatic N) is 4. The highest BCUT2D eigenvalue weighted by Crippen LogP contribution is 2.29. The van der Waals surface area contributed by atoms with Crippen LogP contribution in [0.15, 0.2) is 24.8 Å². The number of carbonyl (C=O) groups is 1. The molecule has 0 bridgehead atoms. The summed E-state index contributed by atoms with van der Waals surface area (Å²) < 4.78 is 33.8. The standard InChI is InChI=1S/C23H30N6O5S/c24-35(31,32)34-15-18-4-5-19(13-18)27-23-20(14-25-16-26-23)22(30)21-6-10-29(28-21)9-2-1-3-17-7-11-33-12-8-17/h6,10,14,16-19H,3-5,7-9,11-13,15H2,(H2,24,31,32)(H,25,26,27). The molecule has 2 aliphatic rings. The molecule has 0 radical (unpaired) electrons. The monoisotopic (exact) mass is 502 g/mol. The van der Waals surface area contributed by atoms with Crippen molar-refractivity contribution in [2.75, 3.05) is 25.1 Å². The smallest absolute Gasteiger partial charge is 0.333 e. The Kier molecular flexibility index (Phi) is 8.46. The molecule has 0 spiro atoms. The van der Waals surface area contributed by atoms with E-state index in [0.29, 0.717) is 36.0 Å². The normalized spacial score (nSPS) is 20.8. The summed E-state index contributed by atoms with van der Waals surface area (Å²) >= 11 is 0. The van der Waals surface area contributed by atoms with Crippen LogP contribution >= 0.6 is 0 Å². The molecule has 188 valence electrons. The summed E-state index contributed by atoms with van der Waals surface area (Å²) in [6, 6.07) is 1.68. The molecule has 12 heteroatoms. The molecule has 11 nitrogen and oxygen atoms in total. The van der Waals surface area contributed by atoms with Crippen molar-refractivity contribution in [3.63, 3.8) is 0 Å². The lowest BCUT2D eigenvalue weighted by Gasteiger charge is -2.19. The number of carbonyl (C=O) groups excluding carboxylic acids is 1. The summed E-state index contributed by atoms with van der Waals surface area (Å²) in [7, 11) is -3.96. The van der Waals surface area contributed by atoms with E-state index >= 15 is 0 Å². The van der Waals surface area contributed by atoms with E-state index in [0.717, 1.165) is 45.3 Å². The van der Waals surface area contributed by atoms with Crippen molar-refractivity contribution in [2.24, 2.45) is 17.0 Å². The van der Waals surface area contributed by atoms with Crippen LogP contribution in [0.25, 0.3) is 0 Å². The Bertz CT molecular complexity index is 1180. The molecule has 4 rings (SSSR count). The first kappa shape index (κ1) is 25.2. The minimum Gasteiger partial charge on any atom is -0.381 e. The van der Waals surface area contributed by atoms with Gasteiger partial charge in [0, 0.05) is 38.1 Å². The second kappa shape index (κ2) is 11.7. The summed E-state index contributed by atoms with van der Waals surface area (Å²) in [6.07, 6.45) is 9.78. The Morgan fingerprint density at radius 3 is 2.86 bits per heavy atom. The highest BCUT2D eigenvalue weighted by molar-refractivity contribution is 7.84. The first-order valence-corrected chi connectivity index (χ1v) is 13.2. The average Bonchev–Trinajstić information content (AvgIpc) is 3.50. The van der Waals surface area contributed by atoms with Crippen molar-refractivity contribution in [2.45, 2.75) is 51.1 Å². The molecule has 3 N–H and O–H groups in total. The number of nitrogens with two attached hydrogens (primary N) is 1. The van der Waals surface area contributed by atoms with Gasteiger partial charge in [-0.25, -0.2) is 15.1 Å². The van der Waals surface area contributed by atoms with Crippen molar-refractivity contribution in [1.29, 1.82) is 0 Å². The minimum absolute atomic E-state index is 0.0223. The van der Waals surface area contributed by atoms with Gasteiger partial charge in [-0.1, -0.05) is 5.92 Å². The first-order chi connectivity index (χ1) is 16.9. The molecule has 2 unspecified atom stereocenters. The molecule has 1 saturated carbocycles. The number of ketones is 1. The summed E-state index contributed by atoms with van der Waals surface area (Å²) in [5, 5.41) is 12.6. The highest BCUT2D eigenvalue weighted by Gasteiger charge is 2.28. The molecule has 35 heavy (non-hydrogen) atoms. The molecule has 2 atom stereocenters. The summed E-state index contributed by atoms with van der Waals surface area (Å²) in [5.74, 6) is 7.13. The number of hydrogen-bond donors (Lipinski definition) is 2. The van der Waals surface area contributed by atoms with E-state index in [1.807, 2.05) is 0 Å². The second-order valence-electron chi connectivity index (χ2n) is 8.92. The Morgan fingerprint density at radius 1 is 1.23 bits per heavy atom. The first-order valence-electron chi connectivity index (χ1n) is 11.7. The molecule has 3 heterocycles. The Morgan fingerprint density at radius 2 is 2.06 bits per heavy atom. The van der Waals surface area contributed by atoms with Crippen LogP contribution in [0.3, 0.4) is 0 Å². The minimum atomic E-state index is -3.96. The molecule has 0 amide bonds. The maximum Gasteiger partial charge on any atom is 0.333 e. The molecule has 0 aromatic carbocycles. The third kappa shape index (κ3) is 7.57. The van der Waals surface area contributed by atoms with Gasteiger partial charge in [0.2, 0.25) is 5.78 Å². The van der Waals surface area contributed by atoms with E-state index in [2.05, 4.69) is 32.2 Å². The number of anilines is 1. The number of rotatable bonds is 9. The van der Waals surface area contributed by atoms with Gasteiger partial charge in [0.05, 0.1) is 12.2 Å². The van der Waals surface area contributed by atoms with Crippen molar-refractivity contribution in [1.82, 2.24) is 19.7 Å². The van der Waals surface area contributed by atoms with Gasteiger partial charge < -0.3 is 10.1 Å². The van der Waals surface area contributed by atoms with Gasteiger partial charge in [-0.05, 0) is 50.0 Å². The van der Waals surface area contributed by atoms with Gasteiger partial charge in [-0.15, -0.1) is 5.92 Å². The number of hydrogen-bond acceptors (Lipinski definition) is 9. The molecular weight excluding hydrogens is 472 g/mol. The third-order valence-corrected chi connectivity index (χ3v) is 6.74. The molecule has 1 saturated heterocycles. The summed E-state index contributed by atoms with van der Waals surface area (Å²) in [4.78, 5) is 21.4. The van der Waals surface area contributed by atoms with Crippen molar-refractivity contribution in [3.05, 3.63) is 36.0 Å². The van der Waals surface area contributed by atoms with Crippen LogP contribution in [0.1, 0.15) is 54.6 Å². The van der Waals surface area contributed by atoms with E-state index in [1.54, 1.807) is 16.9 Å². The predicted molar refractivity (Wildman–Crippen MR) is 127 cm³/mol. The summed E-state index contributed by atoms with van der Waals surface area (Å²) in [6.45, 7) is 2.08. The lowest BCUT2D eigenvalue weighted by molar-refractivity contribution is 0.0678. The van der Waals surface area contributed by atoms with Crippen LogP contribution in [0.5, 0.6) is 0 Å². The quantitative estimate of drug-likeness (QED) is 0.384. The topological polar surface area (TPSA) is 151 Å². The molecule has 1 aliphatic heterocycles. The Labute approximate surface area is 205 Å². The van der Waals surface area contributed by atoms with Gasteiger partial charge in [-0.2, -0.15) is 13.5 Å². The van der Waals surface area contributed by atoms with Crippen molar-refractivity contribution >= 4 is 21.9 Å². The van der Waals surface area contributed by atoms with Gasteiger partial charge >= 0.3 is 10.3 Å². The maximum absolute atomic E-state index is 13.1. The number of nitrogens with one attached hydrogen (secondary N) is 1. The zero-order chi connectivity index (χ0) is 24.7. The van der Waals surface area contributed by atoms with Crippen molar-refractivity contribution in [3.8, 4) is 11.8 Å². The molecule has 2 fully saturated rings. The zero-order valence-corrected chi connectivity index (χ0v) is 20.2. The van der Waals surface area contributed by atoms with Crippen LogP contribution < -0.4 is 10.5 Å². The van der Waals surface area contributed by atoms with Gasteiger partial charge in [-0.3, -0.25) is 13.7 Å². The highest BCUT2D eigenvalue weighted by atomic mass is 32.2. The zero-order valence-electron chi connectivity index (χ0n) is 19.4.